The minimum absolute atomic E-state index is 0.0882. The molecule has 0 atom stereocenters. The van der Waals surface area contributed by atoms with Gasteiger partial charge in [0.25, 0.3) is 0 Å². The van der Waals surface area contributed by atoms with E-state index in [1.54, 1.807) is 0 Å². The molecule has 0 unspecified atom stereocenters. The molecule has 0 spiro atoms. The summed E-state index contributed by atoms with van der Waals surface area (Å²) in [5.41, 5.74) is 1.07. The molecule has 0 aliphatic carbocycles. The van der Waals surface area contributed by atoms with E-state index in [1.807, 2.05) is 25.1 Å². The molecule has 1 saturated heterocycles. The van der Waals surface area contributed by atoms with Gasteiger partial charge in [0.1, 0.15) is 0 Å². The summed E-state index contributed by atoms with van der Waals surface area (Å²) in [4.78, 5) is 4.75. The Morgan fingerprint density at radius 1 is 1.35 bits per heavy atom. The van der Waals surface area contributed by atoms with Crippen molar-refractivity contribution in [2.45, 2.75) is 25.2 Å². The second-order valence-electron chi connectivity index (χ2n) is 5.63. The molecular formula is C18H24ClN3O. The fraction of sp³-hybridized carbons (Fsp3) is 0.500. The highest BCUT2D eigenvalue weighted by Crippen LogP contribution is 2.38. The van der Waals surface area contributed by atoms with Crippen LogP contribution in [0.15, 0.2) is 29.3 Å². The Kier molecular flexibility index (Phi) is 6.76. The van der Waals surface area contributed by atoms with Crippen molar-refractivity contribution in [3.63, 3.8) is 0 Å². The lowest BCUT2D eigenvalue weighted by molar-refractivity contribution is 0.0531. The molecule has 0 radical (unpaired) electrons. The Balaban J connectivity index is 2.25. The van der Waals surface area contributed by atoms with Crippen LogP contribution in [0.25, 0.3) is 0 Å². The van der Waals surface area contributed by atoms with Gasteiger partial charge in [-0.05, 0) is 31.4 Å². The van der Waals surface area contributed by atoms with E-state index in [-0.39, 0.29) is 5.41 Å². The average molecular weight is 334 g/mol. The van der Waals surface area contributed by atoms with Crippen LogP contribution in [0.1, 0.15) is 25.3 Å². The third-order valence-corrected chi connectivity index (χ3v) is 4.47. The SMILES string of the molecule is C#CCNC(=NCC1(c2ccccc2Cl)CCOCC1)NCC. The second-order valence-corrected chi connectivity index (χ2v) is 6.03. The highest BCUT2D eigenvalue weighted by Gasteiger charge is 2.36. The molecule has 1 aliphatic heterocycles. The lowest BCUT2D eigenvalue weighted by Crippen LogP contribution is -2.41. The Morgan fingerprint density at radius 3 is 2.74 bits per heavy atom. The predicted molar refractivity (Wildman–Crippen MR) is 96.0 cm³/mol. The zero-order valence-electron chi connectivity index (χ0n) is 13.6. The predicted octanol–water partition coefficient (Wildman–Crippen LogP) is 2.58. The van der Waals surface area contributed by atoms with Gasteiger partial charge in [-0.3, -0.25) is 4.99 Å². The maximum atomic E-state index is 6.46. The number of nitrogens with one attached hydrogen (secondary N) is 2. The molecule has 1 aromatic rings. The molecule has 0 aromatic heterocycles. The number of halogens is 1. The van der Waals surface area contributed by atoms with Gasteiger partial charge in [-0.1, -0.05) is 35.7 Å². The van der Waals surface area contributed by atoms with Crippen molar-refractivity contribution in [3.8, 4) is 12.3 Å². The largest absolute Gasteiger partial charge is 0.381 e. The fourth-order valence-corrected chi connectivity index (χ4v) is 3.21. The van der Waals surface area contributed by atoms with Crippen molar-refractivity contribution >= 4 is 17.6 Å². The zero-order chi connectivity index (χ0) is 16.5. The van der Waals surface area contributed by atoms with E-state index in [4.69, 9.17) is 27.8 Å². The summed E-state index contributed by atoms with van der Waals surface area (Å²) < 4.78 is 5.56. The summed E-state index contributed by atoms with van der Waals surface area (Å²) in [6.07, 6.45) is 7.14. The number of rotatable bonds is 5. The van der Waals surface area contributed by atoms with Gasteiger partial charge in [0.2, 0.25) is 0 Å². The molecule has 1 aliphatic rings. The molecule has 1 aromatic carbocycles. The van der Waals surface area contributed by atoms with Crippen LogP contribution >= 0.6 is 11.6 Å². The van der Waals surface area contributed by atoms with Crippen molar-refractivity contribution in [2.75, 3.05) is 32.8 Å². The second kappa shape index (κ2) is 8.81. The summed E-state index contributed by atoms with van der Waals surface area (Å²) in [5, 5.41) is 7.15. The Morgan fingerprint density at radius 2 is 2.09 bits per heavy atom. The molecule has 124 valence electrons. The maximum Gasteiger partial charge on any atom is 0.192 e. The smallest absolute Gasteiger partial charge is 0.192 e. The molecule has 1 heterocycles. The van der Waals surface area contributed by atoms with Crippen molar-refractivity contribution < 1.29 is 4.74 Å². The molecule has 2 N–H and O–H groups in total. The van der Waals surface area contributed by atoms with Gasteiger partial charge in [-0.15, -0.1) is 6.42 Å². The molecule has 2 rings (SSSR count). The van der Waals surface area contributed by atoms with Crippen LogP contribution < -0.4 is 10.6 Å². The van der Waals surface area contributed by atoms with E-state index >= 15 is 0 Å². The molecule has 0 amide bonds. The highest BCUT2D eigenvalue weighted by molar-refractivity contribution is 6.31. The summed E-state index contributed by atoms with van der Waals surface area (Å²) >= 11 is 6.46. The van der Waals surface area contributed by atoms with Gasteiger partial charge in [-0.25, -0.2) is 0 Å². The van der Waals surface area contributed by atoms with Gasteiger partial charge in [0, 0.05) is 30.2 Å². The number of guanidine groups is 1. The normalized spacial score (nSPS) is 17.3. The number of terminal acetylenes is 1. The Hall–Kier alpha value is -1.70. The standard InChI is InChI=1S/C18H24ClN3O/c1-3-11-21-17(20-4-2)22-14-18(9-12-23-13-10-18)15-7-5-6-8-16(15)19/h1,5-8H,4,9-14H2,2H3,(H2,20,21,22). The van der Waals surface area contributed by atoms with Crippen LogP contribution in [-0.2, 0) is 10.2 Å². The number of aliphatic imine (C=N–C) groups is 1. The van der Waals surface area contributed by atoms with Crippen molar-refractivity contribution in [2.24, 2.45) is 4.99 Å². The Bertz CT molecular complexity index is 574. The Labute approximate surface area is 143 Å². The quantitative estimate of drug-likeness (QED) is 0.494. The first-order valence-electron chi connectivity index (χ1n) is 8.00. The number of hydrogen-bond acceptors (Lipinski definition) is 2. The van der Waals surface area contributed by atoms with Crippen LogP contribution in [0, 0.1) is 12.3 Å². The third-order valence-electron chi connectivity index (χ3n) is 4.14. The van der Waals surface area contributed by atoms with Gasteiger partial charge in [0.15, 0.2) is 5.96 Å². The first-order valence-corrected chi connectivity index (χ1v) is 8.38. The number of ether oxygens (including phenoxy) is 1. The first kappa shape index (κ1) is 17.7. The van der Waals surface area contributed by atoms with E-state index in [0.29, 0.717) is 13.1 Å². The minimum Gasteiger partial charge on any atom is -0.381 e. The lowest BCUT2D eigenvalue weighted by Gasteiger charge is -2.37. The van der Waals surface area contributed by atoms with Crippen LogP contribution in [-0.4, -0.2) is 38.8 Å². The van der Waals surface area contributed by atoms with Crippen molar-refractivity contribution in [1.82, 2.24) is 10.6 Å². The van der Waals surface area contributed by atoms with E-state index < -0.39 is 0 Å². The summed E-state index contributed by atoms with van der Waals surface area (Å²) in [6.45, 7) is 5.39. The lowest BCUT2D eigenvalue weighted by atomic mass is 9.74. The molecular weight excluding hydrogens is 310 g/mol. The molecule has 1 fully saturated rings. The number of hydrogen-bond donors (Lipinski definition) is 2. The fourth-order valence-electron chi connectivity index (χ4n) is 2.87. The topological polar surface area (TPSA) is 45.7 Å². The molecule has 23 heavy (non-hydrogen) atoms. The summed E-state index contributed by atoms with van der Waals surface area (Å²) in [6, 6.07) is 8.04. The van der Waals surface area contributed by atoms with E-state index in [9.17, 15) is 0 Å². The van der Waals surface area contributed by atoms with Gasteiger partial charge in [-0.2, -0.15) is 0 Å². The van der Waals surface area contributed by atoms with E-state index in [1.165, 1.54) is 0 Å². The highest BCUT2D eigenvalue weighted by atomic mass is 35.5. The zero-order valence-corrected chi connectivity index (χ0v) is 14.3. The first-order chi connectivity index (χ1) is 11.2. The number of nitrogens with zero attached hydrogens (tertiary/aromatic N) is 1. The average Bonchev–Trinajstić information content (AvgIpc) is 2.58. The van der Waals surface area contributed by atoms with E-state index in [0.717, 1.165) is 49.1 Å². The third kappa shape index (κ3) is 4.63. The van der Waals surface area contributed by atoms with E-state index in [2.05, 4.69) is 22.6 Å². The molecule has 4 nitrogen and oxygen atoms in total. The van der Waals surface area contributed by atoms with Crippen LogP contribution in [0.4, 0.5) is 0 Å². The van der Waals surface area contributed by atoms with Crippen LogP contribution in [0.2, 0.25) is 5.02 Å². The van der Waals surface area contributed by atoms with Gasteiger partial charge < -0.3 is 15.4 Å². The van der Waals surface area contributed by atoms with Gasteiger partial charge >= 0.3 is 0 Å². The summed E-state index contributed by atoms with van der Waals surface area (Å²) in [5.74, 6) is 3.31. The van der Waals surface area contributed by atoms with Crippen LogP contribution in [0.5, 0.6) is 0 Å². The van der Waals surface area contributed by atoms with Crippen molar-refractivity contribution in [1.29, 1.82) is 0 Å². The maximum absolute atomic E-state index is 6.46. The van der Waals surface area contributed by atoms with Crippen LogP contribution in [0.3, 0.4) is 0 Å². The molecule has 5 heteroatoms. The molecule has 0 bridgehead atoms. The minimum atomic E-state index is -0.0882. The monoisotopic (exact) mass is 333 g/mol. The molecule has 0 saturated carbocycles. The van der Waals surface area contributed by atoms with Gasteiger partial charge in [0.05, 0.1) is 13.1 Å². The summed E-state index contributed by atoms with van der Waals surface area (Å²) in [7, 11) is 0. The van der Waals surface area contributed by atoms with Crippen molar-refractivity contribution in [3.05, 3.63) is 34.9 Å². The number of benzene rings is 1.